The summed E-state index contributed by atoms with van der Waals surface area (Å²) in [6.07, 6.45) is 0.899. The Morgan fingerprint density at radius 3 is 2.80 bits per heavy atom. The molecule has 0 unspecified atom stereocenters. The molecule has 0 spiro atoms. The number of hydrogen-bond donors (Lipinski definition) is 2. The number of nitrogens with zero attached hydrogens (tertiary/aromatic N) is 2. The van der Waals surface area contributed by atoms with Crippen LogP contribution in [-0.2, 0) is 0 Å². The van der Waals surface area contributed by atoms with Crippen molar-refractivity contribution >= 4 is 11.7 Å². The van der Waals surface area contributed by atoms with Crippen LogP contribution < -0.4 is 11.5 Å². The second kappa shape index (κ2) is 3.73. The zero-order chi connectivity index (χ0) is 10.8. The van der Waals surface area contributed by atoms with Gasteiger partial charge in [-0.25, -0.2) is 0 Å². The average Bonchev–Trinajstić information content (AvgIpc) is 2.54. The Morgan fingerprint density at radius 2 is 2.07 bits per heavy atom. The van der Waals surface area contributed by atoms with E-state index >= 15 is 0 Å². The van der Waals surface area contributed by atoms with Crippen molar-refractivity contribution in [3.05, 3.63) is 35.4 Å². The van der Waals surface area contributed by atoms with Crippen molar-refractivity contribution in [1.82, 2.24) is 0 Å². The Balaban J connectivity index is 2.41. The molecule has 1 atom stereocenters. The van der Waals surface area contributed by atoms with Gasteiger partial charge in [0.05, 0.1) is 5.71 Å². The Labute approximate surface area is 88.7 Å². The van der Waals surface area contributed by atoms with Gasteiger partial charge in [0.1, 0.15) is 0 Å². The van der Waals surface area contributed by atoms with Gasteiger partial charge in [-0.3, -0.25) is 0 Å². The molecule has 0 aliphatic heterocycles. The number of nitrogens with two attached hydrogens (primary N) is 2. The molecule has 1 aliphatic carbocycles. The molecular formula is C11H14N4. The monoisotopic (exact) mass is 202 g/mol. The van der Waals surface area contributed by atoms with Gasteiger partial charge in [-0.2, -0.15) is 5.10 Å². The van der Waals surface area contributed by atoms with Crippen LogP contribution in [0.2, 0.25) is 0 Å². The van der Waals surface area contributed by atoms with Crippen molar-refractivity contribution in [1.29, 1.82) is 0 Å². The molecule has 2 rings (SSSR count). The summed E-state index contributed by atoms with van der Waals surface area (Å²) >= 11 is 0. The molecule has 0 amide bonds. The van der Waals surface area contributed by atoms with Crippen LogP contribution in [0.5, 0.6) is 0 Å². The number of guanidine groups is 1. The molecule has 0 bridgehead atoms. The van der Waals surface area contributed by atoms with E-state index in [1.807, 2.05) is 12.1 Å². The maximum Gasteiger partial charge on any atom is 0.211 e. The van der Waals surface area contributed by atoms with Gasteiger partial charge in [-0.1, -0.05) is 31.2 Å². The predicted octanol–water partition coefficient (Wildman–Crippen LogP) is 1.17. The first-order valence-corrected chi connectivity index (χ1v) is 4.93. The molecule has 0 aromatic heterocycles. The van der Waals surface area contributed by atoms with Crippen LogP contribution in [0.1, 0.15) is 30.4 Å². The van der Waals surface area contributed by atoms with E-state index in [1.54, 1.807) is 0 Å². The average molecular weight is 202 g/mol. The first kappa shape index (κ1) is 9.71. The van der Waals surface area contributed by atoms with Crippen LogP contribution in [0, 0.1) is 0 Å². The van der Waals surface area contributed by atoms with Crippen LogP contribution in [0.25, 0.3) is 0 Å². The zero-order valence-electron chi connectivity index (χ0n) is 8.64. The van der Waals surface area contributed by atoms with Gasteiger partial charge >= 0.3 is 0 Å². The minimum absolute atomic E-state index is 0.000431. The number of fused-ring (bicyclic) bond motifs is 1. The fourth-order valence-electron chi connectivity index (χ4n) is 1.91. The zero-order valence-corrected chi connectivity index (χ0v) is 8.64. The van der Waals surface area contributed by atoms with E-state index in [9.17, 15) is 0 Å². The van der Waals surface area contributed by atoms with Gasteiger partial charge in [0.25, 0.3) is 0 Å². The highest BCUT2D eigenvalue weighted by Gasteiger charge is 2.23. The summed E-state index contributed by atoms with van der Waals surface area (Å²) in [5, 5.41) is 7.77. The Kier molecular flexibility index (Phi) is 2.41. The normalized spacial score (nSPS) is 21.4. The molecule has 1 aromatic carbocycles. The van der Waals surface area contributed by atoms with E-state index in [4.69, 9.17) is 11.5 Å². The van der Waals surface area contributed by atoms with Crippen LogP contribution in [0.15, 0.2) is 34.5 Å². The van der Waals surface area contributed by atoms with Crippen LogP contribution >= 0.6 is 0 Å². The van der Waals surface area contributed by atoms with E-state index < -0.39 is 0 Å². The third-order valence-electron chi connectivity index (χ3n) is 2.59. The number of benzene rings is 1. The van der Waals surface area contributed by atoms with Gasteiger partial charge in [0, 0.05) is 5.56 Å². The molecular weight excluding hydrogens is 188 g/mol. The van der Waals surface area contributed by atoms with Crippen molar-refractivity contribution in [2.75, 3.05) is 0 Å². The number of rotatable bonds is 1. The second-order valence-corrected chi connectivity index (χ2v) is 3.76. The van der Waals surface area contributed by atoms with Crippen LogP contribution in [-0.4, -0.2) is 11.7 Å². The summed E-state index contributed by atoms with van der Waals surface area (Å²) in [7, 11) is 0. The lowest BCUT2D eigenvalue weighted by Crippen LogP contribution is -2.22. The first-order valence-electron chi connectivity index (χ1n) is 4.93. The summed E-state index contributed by atoms with van der Waals surface area (Å²) in [5.74, 6) is 0.494. The van der Waals surface area contributed by atoms with E-state index in [1.165, 1.54) is 5.56 Å². The molecule has 0 heterocycles. The fourth-order valence-corrected chi connectivity index (χ4v) is 1.91. The third kappa shape index (κ3) is 1.83. The van der Waals surface area contributed by atoms with E-state index in [0.717, 1.165) is 17.7 Å². The van der Waals surface area contributed by atoms with Crippen molar-refractivity contribution < 1.29 is 0 Å². The van der Waals surface area contributed by atoms with E-state index in [2.05, 4.69) is 29.3 Å². The van der Waals surface area contributed by atoms with Crippen molar-refractivity contribution in [2.24, 2.45) is 21.7 Å². The molecule has 0 saturated heterocycles. The smallest absolute Gasteiger partial charge is 0.211 e. The lowest BCUT2D eigenvalue weighted by molar-refractivity contribution is 0.833. The Bertz CT molecular complexity index is 430. The third-order valence-corrected chi connectivity index (χ3v) is 2.59. The molecule has 0 saturated carbocycles. The summed E-state index contributed by atoms with van der Waals surface area (Å²) in [6.45, 7) is 2.18. The van der Waals surface area contributed by atoms with Crippen molar-refractivity contribution in [3.8, 4) is 0 Å². The largest absolute Gasteiger partial charge is 0.369 e. The van der Waals surface area contributed by atoms with Crippen LogP contribution in [0.3, 0.4) is 0 Å². The maximum atomic E-state index is 5.25. The Morgan fingerprint density at radius 1 is 1.33 bits per heavy atom. The lowest BCUT2D eigenvalue weighted by Gasteiger charge is -2.00. The summed E-state index contributed by atoms with van der Waals surface area (Å²) < 4.78 is 0. The highest BCUT2D eigenvalue weighted by atomic mass is 15.3. The highest BCUT2D eigenvalue weighted by Crippen LogP contribution is 2.32. The van der Waals surface area contributed by atoms with E-state index in [-0.39, 0.29) is 5.96 Å². The minimum atomic E-state index is -0.000431. The molecule has 4 heteroatoms. The lowest BCUT2D eigenvalue weighted by atomic mass is 10.0. The molecule has 4 nitrogen and oxygen atoms in total. The predicted molar refractivity (Wildman–Crippen MR) is 61.8 cm³/mol. The topological polar surface area (TPSA) is 76.8 Å². The standard InChI is InChI=1S/C11H14N4/c1-7-6-10(14-15-11(12)13)9-5-3-2-4-8(7)9/h2-5,7H,6H2,1H3,(H4,12,13,15)/t7-/m0/s1. The molecule has 1 aliphatic rings. The van der Waals surface area contributed by atoms with E-state index in [0.29, 0.717) is 5.92 Å². The van der Waals surface area contributed by atoms with Crippen LogP contribution in [0.4, 0.5) is 0 Å². The maximum absolute atomic E-state index is 5.25. The van der Waals surface area contributed by atoms with Gasteiger partial charge in [0.15, 0.2) is 0 Å². The molecule has 1 aromatic rings. The van der Waals surface area contributed by atoms with Gasteiger partial charge in [0.2, 0.25) is 5.96 Å². The minimum Gasteiger partial charge on any atom is -0.369 e. The van der Waals surface area contributed by atoms with Gasteiger partial charge in [-0.15, -0.1) is 5.10 Å². The second-order valence-electron chi connectivity index (χ2n) is 3.76. The highest BCUT2D eigenvalue weighted by molar-refractivity contribution is 6.05. The quantitative estimate of drug-likeness (QED) is 0.407. The summed E-state index contributed by atoms with van der Waals surface area (Å²) in [4.78, 5) is 0. The summed E-state index contributed by atoms with van der Waals surface area (Å²) in [6, 6.07) is 8.22. The molecule has 15 heavy (non-hydrogen) atoms. The molecule has 78 valence electrons. The summed E-state index contributed by atoms with van der Waals surface area (Å²) in [5.41, 5.74) is 13.9. The fraction of sp³-hybridized carbons (Fsp3) is 0.273. The first-order chi connectivity index (χ1) is 7.18. The Hall–Kier alpha value is -1.84. The molecule has 0 radical (unpaired) electrons. The number of hydrogen-bond acceptors (Lipinski definition) is 2. The van der Waals surface area contributed by atoms with Crippen molar-refractivity contribution in [2.45, 2.75) is 19.3 Å². The SMILES string of the molecule is C[C@H]1CC(=NN=C(N)N)c2ccccc21. The van der Waals surface area contributed by atoms with Gasteiger partial charge < -0.3 is 11.5 Å². The van der Waals surface area contributed by atoms with Gasteiger partial charge in [-0.05, 0) is 17.9 Å². The molecule has 4 N–H and O–H groups in total. The molecule has 0 fully saturated rings. The van der Waals surface area contributed by atoms with Crippen molar-refractivity contribution in [3.63, 3.8) is 0 Å².